The number of imidazole rings is 1. The number of ether oxygens (including phenoxy) is 3. The maximum absolute atomic E-state index is 12.1. The lowest BCUT2D eigenvalue weighted by Gasteiger charge is -2.33. The summed E-state index contributed by atoms with van der Waals surface area (Å²) < 4.78 is 29.3. The largest absolute Gasteiger partial charge is 0.394 e. The lowest BCUT2D eigenvalue weighted by molar-refractivity contribution is -0.231. The number of H-pyrrole nitrogens is 1. The van der Waals surface area contributed by atoms with E-state index in [1.807, 2.05) is 0 Å². The zero-order chi connectivity index (χ0) is 24.3. The monoisotopic (exact) mass is 495 g/mol. The first-order valence-corrected chi connectivity index (χ1v) is 11.1. The van der Waals surface area contributed by atoms with Crippen LogP contribution in [0, 0.1) is 0 Å². The quantitative estimate of drug-likeness (QED) is 0.170. The highest BCUT2D eigenvalue weighted by Gasteiger charge is 2.67. The fourth-order valence-corrected chi connectivity index (χ4v) is 4.75. The molecule has 4 heterocycles. The summed E-state index contributed by atoms with van der Waals surface area (Å²) in [6.45, 7) is -1.63. The van der Waals surface area contributed by atoms with Crippen molar-refractivity contribution in [2.75, 3.05) is 18.9 Å². The highest BCUT2D eigenvalue weighted by molar-refractivity contribution is 7.53. The van der Waals surface area contributed by atoms with Gasteiger partial charge in [-0.3, -0.25) is 18.9 Å². The van der Waals surface area contributed by atoms with Crippen molar-refractivity contribution >= 4 is 24.7 Å². The van der Waals surface area contributed by atoms with Crippen LogP contribution in [0.1, 0.15) is 6.23 Å². The molecule has 2 aromatic rings. The standard InChI is InChI=1S/C15H22N5O12P/c16-14-18-10-6(11(25)19-14)17-3-20(10)12-8(7(23)4(1-21)30-12)32-13-15(26,33(27,28)29)9(24)5(2-22)31-13/h3-5,7-9,12-13,21-24,26H,1-2H2,(H2,27,28,29)(H3,16,18,19,25)/t4-,5-,7?,8?,9-,12-,13?,15+/m1/s1. The van der Waals surface area contributed by atoms with Crippen LogP contribution in [0.4, 0.5) is 5.95 Å². The number of rotatable bonds is 6. The summed E-state index contributed by atoms with van der Waals surface area (Å²) >= 11 is 0. The predicted molar refractivity (Wildman–Crippen MR) is 103 cm³/mol. The lowest BCUT2D eigenvalue weighted by atomic mass is 10.1. The van der Waals surface area contributed by atoms with Crippen molar-refractivity contribution in [1.29, 1.82) is 0 Å². The molecule has 0 amide bonds. The average molecular weight is 495 g/mol. The van der Waals surface area contributed by atoms with Gasteiger partial charge in [-0.2, -0.15) is 4.98 Å². The SMILES string of the molecule is Nc1nc2c(ncn2[C@@H]2O[C@H](CO)C(O)C2OC2O[C@H](CO)[C@@H](O)[C@]2(O)P(=O)(O)O)c(=O)[nH]1. The molecule has 2 aliphatic heterocycles. The van der Waals surface area contributed by atoms with E-state index in [0.29, 0.717) is 0 Å². The smallest absolute Gasteiger partial charge is 0.365 e. The molecule has 17 nitrogen and oxygen atoms in total. The van der Waals surface area contributed by atoms with Crippen LogP contribution in [-0.4, -0.2) is 110 Å². The maximum atomic E-state index is 12.1. The molecule has 18 heteroatoms. The van der Waals surface area contributed by atoms with Crippen LogP contribution in [0.15, 0.2) is 11.1 Å². The van der Waals surface area contributed by atoms with Crippen molar-refractivity contribution in [3.05, 3.63) is 16.7 Å². The molecule has 0 aromatic carbocycles. The van der Waals surface area contributed by atoms with E-state index in [1.165, 1.54) is 0 Å². The van der Waals surface area contributed by atoms with E-state index >= 15 is 0 Å². The molecule has 2 aliphatic rings. The van der Waals surface area contributed by atoms with Crippen LogP contribution in [0.25, 0.3) is 11.2 Å². The number of aliphatic hydroxyl groups excluding tert-OH is 4. The second-order valence-corrected chi connectivity index (χ2v) is 9.38. The van der Waals surface area contributed by atoms with Crippen LogP contribution >= 0.6 is 7.60 Å². The van der Waals surface area contributed by atoms with Crippen LogP contribution in [0.5, 0.6) is 0 Å². The Labute approximate surface area is 183 Å². The van der Waals surface area contributed by atoms with Crippen LogP contribution in [0.2, 0.25) is 0 Å². The second kappa shape index (κ2) is 8.33. The third kappa shape index (κ3) is 3.67. The van der Waals surface area contributed by atoms with E-state index in [-0.39, 0.29) is 17.1 Å². The number of aliphatic hydroxyl groups is 5. The number of anilines is 1. The molecule has 2 aromatic heterocycles. The third-order valence-electron chi connectivity index (χ3n) is 5.58. The van der Waals surface area contributed by atoms with Gasteiger partial charge >= 0.3 is 7.60 Å². The van der Waals surface area contributed by atoms with Gasteiger partial charge in [-0.05, 0) is 0 Å². The normalized spacial score (nSPS) is 37.2. The van der Waals surface area contributed by atoms with Crippen molar-refractivity contribution in [3.63, 3.8) is 0 Å². The Hall–Kier alpha value is -2.02. The number of hydrogen-bond acceptors (Lipinski definition) is 13. The van der Waals surface area contributed by atoms with Gasteiger partial charge in [-0.25, -0.2) is 4.98 Å². The molecule has 2 saturated heterocycles. The van der Waals surface area contributed by atoms with Crippen molar-refractivity contribution in [1.82, 2.24) is 19.5 Å². The van der Waals surface area contributed by atoms with Crippen molar-refractivity contribution in [3.8, 4) is 0 Å². The Morgan fingerprint density at radius 2 is 1.91 bits per heavy atom. The van der Waals surface area contributed by atoms with Gasteiger partial charge < -0.3 is 55.3 Å². The molecule has 2 fully saturated rings. The lowest BCUT2D eigenvalue weighted by Crippen LogP contribution is -2.51. The summed E-state index contributed by atoms with van der Waals surface area (Å²) in [6.07, 6.45) is -11.0. The van der Waals surface area contributed by atoms with E-state index in [4.69, 9.17) is 19.9 Å². The minimum Gasteiger partial charge on any atom is -0.394 e. The Kier molecular flexibility index (Phi) is 6.09. The number of nitrogen functional groups attached to an aromatic ring is 1. The summed E-state index contributed by atoms with van der Waals surface area (Å²) in [5, 5.41) is 47.0. The number of nitrogens with zero attached hydrogens (tertiary/aromatic N) is 3. The highest BCUT2D eigenvalue weighted by atomic mass is 31.2. The molecule has 0 spiro atoms. The molecule has 0 bridgehead atoms. The number of nitrogens with one attached hydrogen (secondary N) is 1. The highest BCUT2D eigenvalue weighted by Crippen LogP contribution is 2.58. The van der Waals surface area contributed by atoms with Gasteiger partial charge in [0.1, 0.15) is 30.5 Å². The van der Waals surface area contributed by atoms with Gasteiger partial charge in [0.25, 0.3) is 5.56 Å². The Bertz CT molecular complexity index is 1140. The van der Waals surface area contributed by atoms with Crippen molar-refractivity contribution in [2.24, 2.45) is 0 Å². The van der Waals surface area contributed by atoms with Gasteiger partial charge in [0, 0.05) is 0 Å². The van der Waals surface area contributed by atoms with Crippen LogP contribution in [0.3, 0.4) is 0 Å². The fourth-order valence-electron chi connectivity index (χ4n) is 3.84. The number of aromatic amines is 1. The topological polar surface area (TPSA) is 276 Å². The molecule has 33 heavy (non-hydrogen) atoms. The zero-order valence-corrected chi connectivity index (χ0v) is 17.5. The first kappa shape index (κ1) is 24.1. The molecule has 8 atom stereocenters. The van der Waals surface area contributed by atoms with E-state index in [2.05, 4.69) is 15.0 Å². The molecular formula is C15H22N5O12P. The van der Waals surface area contributed by atoms with E-state index in [9.17, 15) is 44.7 Å². The Morgan fingerprint density at radius 1 is 1.24 bits per heavy atom. The molecule has 3 unspecified atom stereocenters. The van der Waals surface area contributed by atoms with Gasteiger partial charge in [0.15, 0.2) is 17.4 Å². The minimum atomic E-state index is -5.54. The number of hydrogen-bond donors (Lipinski definition) is 9. The molecule has 4 rings (SSSR count). The average Bonchev–Trinajstić information content (AvgIpc) is 3.37. The van der Waals surface area contributed by atoms with E-state index in [0.717, 1.165) is 10.9 Å². The Balaban J connectivity index is 1.75. The summed E-state index contributed by atoms with van der Waals surface area (Å²) in [5.74, 6) is -0.270. The predicted octanol–water partition coefficient (Wildman–Crippen LogP) is -4.72. The summed E-state index contributed by atoms with van der Waals surface area (Å²) in [7, 11) is -5.54. The molecule has 0 saturated carbocycles. The minimum absolute atomic E-state index is 0.105. The molecule has 0 aliphatic carbocycles. The van der Waals surface area contributed by atoms with Gasteiger partial charge in [-0.15, -0.1) is 0 Å². The fraction of sp³-hybridized carbons (Fsp3) is 0.667. The number of aromatic nitrogens is 4. The maximum Gasteiger partial charge on any atom is 0.365 e. The molecule has 10 N–H and O–H groups in total. The van der Waals surface area contributed by atoms with E-state index < -0.39 is 74.7 Å². The first-order valence-electron chi connectivity index (χ1n) is 9.48. The second-order valence-electron chi connectivity index (χ2n) is 7.58. The first-order chi connectivity index (χ1) is 15.4. The molecule has 184 valence electrons. The summed E-state index contributed by atoms with van der Waals surface area (Å²) in [4.78, 5) is 41.5. The summed E-state index contributed by atoms with van der Waals surface area (Å²) in [6, 6.07) is 0. The zero-order valence-electron chi connectivity index (χ0n) is 16.6. The van der Waals surface area contributed by atoms with Gasteiger partial charge in [0.2, 0.25) is 17.6 Å². The van der Waals surface area contributed by atoms with Gasteiger partial charge in [0.05, 0.1) is 19.5 Å². The van der Waals surface area contributed by atoms with Crippen molar-refractivity contribution in [2.45, 2.75) is 48.4 Å². The summed E-state index contributed by atoms with van der Waals surface area (Å²) in [5.41, 5.74) is 4.62. The number of nitrogens with two attached hydrogens (primary N) is 1. The van der Waals surface area contributed by atoms with Crippen LogP contribution in [-0.2, 0) is 18.8 Å². The Morgan fingerprint density at radius 3 is 2.52 bits per heavy atom. The molecule has 0 radical (unpaired) electrons. The van der Waals surface area contributed by atoms with Crippen molar-refractivity contribution < 1.29 is 54.1 Å². The van der Waals surface area contributed by atoms with E-state index in [1.54, 1.807) is 0 Å². The van der Waals surface area contributed by atoms with Crippen LogP contribution < -0.4 is 11.3 Å². The number of fused-ring (bicyclic) bond motifs is 1. The third-order valence-corrected chi connectivity index (χ3v) is 6.99. The molecular weight excluding hydrogens is 473 g/mol. The van der Waals surface area contributed by atoms with Gasteiger partial charge in [-0.1, -0.05) is 0 Å².